The first-order valence-corrected chi connectivity index (χ1v) is 6.35. The average Bonchev–Trinajstić information content (AvgIpc) is 2.46. The van der Waals surface area contributed by atoms with Crippen LogP contribution in [0.5, 0.6) is 11.5 Å². The Bertz CT molecular complexity index is 544. The van der Waals surface area contributed by atoms with Crippen LogP contribution >= 0.6 is 0 Å². The fraction of sp³-hybridized carbons (Fsp3) is 0.385. The molecule has 0 aliphatic carbocycles. The van der Waals surface area contributed by atoms with Crippen LogP contribution in [0.3, 0.4) is 0 Å². The number of rotatable bonds is 2. The van der Waals surface area contributed by atoms with Gasteiger partial charge in [-0.05, 0) is 31.4 Å². The van der Waals surface area contributed by atoms with Gasteiger partial charge in [-0.1, -0.05) is 5.16 Å². The standard InChI is InChI=1S/C13H17N3O4/c14-12(15-20)10-3-1-2-6-16(10)13(19)9-5-4-8(17)7-11(9)18/h4-5,7,10,17-18,20H,1-3,6H2,(H2,14,15). The Balaban J connectivity index is 2.30. The van der Waals surface area contributed by atoms with Gasteiger partial charge in [0.1, 0.15) is 11.5 Å². The summed E-state index contributed by atoms with van der Waals surface area (Å²) in [6.45, 7) is 0.472. The molecule has 1 heterocycles. The second-order valence-electron chi connectivity index (χ2n) is 4.74. The lowest BCUT2D eigenvalue weighted by atomic mass is 9.99. The highest BCUT2D eigenvalue weighted by Gasteiger charge is 2.31. The topological polar surface area (TPSA) is 119 Å². The van der Waals surface area contributed by atoms with Crippen LogP contribution in [0.1, 0.15) is 29.6 Å². The molecule has 0 radical (unpaired) electrons. The van der Waals surface area contributed by atoms with Gasteiger partial charge in [0.25, 0.3) is 5.91 Å². The molecule has 1 amide bonds. The first-order valence-electron chi connectivity index (χ1n) is 6.35. The van der Waals surface area contributed by atoms with E-state index in [9.17, 15) is 15.0 Å². The number of oxime groups is 1. The summed E-state index contributed by atoms with van der Waals surface area (Å²) >= 11 is 0. The number of amides is 1. The SMILES string of the molecule is N/C(=N/O)C1CCCCN1C(=O)c1ccc(O)cc1O. The van der Waals surface area contributed by atoms with Gasteiger partial charge in [-0.15, -0.1) is 0 Å². The Morgan fingerprint density at radius 3 is 2.75 bits per heavy atom. The second kappa shape index (κ2) is 5.68. The third-order valence-corrected chi connectivity index (χ3v) is 3.43. The molecule has 0 saturated carbocycles. The lowest BCUT2D eigenvalue weighted by molar-refractivity contribution is 0.0673. The third kappa shape index (κ3) is 2.61. The smallest absolute Gasteiger partial charge is 0.258 e. The number of carbonyl (C=O) groups is 1. The lowest BCUT2D eigenvalue weighted by Gasteiger charge is -2.34. The highest BCUT2D eigenvalue weighted by atomic mass is 16.4. The molecule has 1 aromatic rings. The number of hydrogen-bond acceptors (Lipinski definition) is 5. The van der Waals surface area contributed by atoms with Crippen molar-refractivity contribution in [3.8, 4) is 11.5 Å². The van der Waals surface area contributed by atoms with Gasteiger partial charge in [0.2, 0.25) is 0 Å². The maximum absolute atomic E-state index is 12.5. The van der Waals surface area contributed by atoms with Gasteiger partial charge >= 0.3 is 0 Å². The molecule has 1 aliphatic heterocycles. The van der Waals surface area contributed by atoms with Gasteiger partial charge in [-0.25, -0.2) is 0 Å². The van der Waals surface area contributed by atoms with E-state index in [1.54, 1.807) is 0 Å². The molecule has 1 unspecified atom stereocenters. The quantitative estimate of drug-likeness (QED) is 0.277. The highest BCUT2D eigenvalue weighted by Crippen LogP contribution is 2.27. The van der Waals surface area contributed by atoms with Crippen molar-refractivity contribution < 1.29 is 20.2 Å². The molecule has 7 heteroatoms. The molecular formula is C13H17N3O4. The summed E-state index contributed by atoms with van der Waals surface area (Å²) in [6.07, 6.45) is 2.31. The maximum atomic E-state index is 12.5. The molecule has 1 fully saturated rings. The van der Waals surface area contributed by atoms with Crippen molar-refractivity contribution in [2.24, 2.45) is 10.9 Å². The van der Waals surface area contributed by atoms with E-state index in [1.165, 1.54) is 17.0 Å². The van der Waals surface area contributed by atoms with Crippen LogP contribution in [0.4, 0.5) is 0 Å². The summed E-state index contributed by atoms with van der Waals surface area (Å²) < 4.78 is 0. The van der Waals surface area contributed by atoms with Gasteiger partial charge in [0.05, 0.1) is 11.6 Å². The van der Waals surface area contributed by atoms with Crippen LogP contribution in [-0.4, -0.2) is 44.6 Å². The number of carbonyl (C=O) groups excluding carboxylic acids is 1. The molecule has 2 rings (SSSR count). The molecule has 5 N–H and O–H groups in total. The average molecular weight is 279 g/mol. The van der Waals surface area contributed by atoms with Crippen molar-refractivity contribution in [1.29, 1.82) is 0 Å². The van der Waals surface area contributed by atoms with E-state index in [0.29, 0.717) is 13.0 Å². The van der Waals surface area contributed by atoms with Gasteiger partial charge in [-0.2, -0.15) is 0 Å². The minimum absolute atomic E-state index is 0.0173. The number of benzene rings is 1. The maximum Gasteiger partial charge on any atom is 0.258 e. The van der Waals surface area contributed by atoms with Crippen molar-refractivity contribution in [2.75, 3.05) is 6.54 Å². The van der Waals surface area contributed by atoms with Crippen LogP contribution in [-0.2, 0) is 0 Å². The summed E-state index contributed by atoms with van der Waals surface area (Å²) in [7, 11) is 0. The number of aromatic hydroxyl groups is 2. The van der Waals surface area contributed by atoms with Crippen LogP contribution in [0, 0.1) is 0 Å². The summed E-state index contributed by atoms with van der Waals surface area (Å²) in [5.41, 5.74) is 5.70. The van der Waals surface area contributed by atoms with Crippen LogP contribution in [0.25, 0.3) is 0 Å². The van der Waals surface area contributed by atoms with E-state index in [2.05, 4.69) is 5.16 Å². The minimum atomic E-state index is -0.477. The fourth-order valence-corrected chi connectivity index (χ4v) is 2.40. The van der Waals surface area contributed by atoms with Crippen LogP contribution < -0.4 is 5.73 Å². The predicted octanol–water partition coefficient (Wildman–Crippen LogP) is 0.839. The molecule has 0 bridgehead atoms. The molecule has 1 saturated heterocycles. The van der Waals surface area contributed by atoms with Crippen LogP contribution in [0.15, 0.2) is 23.4 Å². The molecule has 1 aliphatic rings. The summed E-state index contributed by atoms with van der Waals surface area (Å²) in [5, 5.41) is 30.8. The molecule has 0 spiro atoms. The Morgan fingerprint density at radius 1 is 1.35 bits per heavy atom. The number of piperidine rings is 1. The summed E-state index contributed by atoms with van der Waals surface area (Å²) in [5.74, 6) is -0.834. The van der Waals surface area contributed by atoms with Crippen molar-refractivity contribution in [1.82, 2.24) is 4.90 Å². The Morgan fingerprint density at radius 2 is 2.10 bits per heavy atom. The minimum Gasteiger partial charge on any atom is -0.508 e. The second-order valence-corrected chi connectivity index (χ2v) is 4.74. The van der Waals surface area contributed by atoms with Gasteiger partial charge in [0.15, 0.2) is 5.84 Å². The zero-order chi connectivity index (χ0) is 14.7. The van der Waals surface area contributed by atoms with E-state index in [1.807, 2.05) is 0 Å². The van der Waals surface area contributed by atoms with Crippen molar-refractivity contribution in [2.45, 2.75) is 25.3 Å². The molecule has 1 atom stereocenters. The normalized spacial score (nSPS) is 19.9. The van der Waals surface area contributed by atoms with E-state index < -0.39 is 11.9 Å². The number of likely N-dealkylation sites (tertiary alicyclic amines) is 1. The molecule has 0 aromatic heterocycles. The molecular weight excluding hydrogens is 262 g/mol. The molecule has 20 heavy (non-hydrogen) atoms. The largest absolute Gasteiger partial charge is 0.508 e. The monoisotopic (exact) mass is 279 g/mol. The number of phenolic OH excluding ortho intramolecular Hbond substituents is 2. The zero-order valence-corrected chi connectivity index (χ0v) is 10.9. The zero-order valence-electron chi connectivity index (χ0n) is 10.9. The van der Waals surface area contributed by atoms with E-state index in [0.717, 1.165) is 18.9 Å². The van der Waals surface area contributed by atoms with Gasteiger partial charge < -0.3 is 26.1 Å². The first kappa shape index (κ1) is 14.0. The number of phenols is 2. The Kier molecular flexibility index (Phi) is 3.97. The van der Waals surface area contributed by atoms with Gasteiger partial charge in [0, 0.05) is 12.6 Å². The van der Waals surface area contributed by atoms with E-state index >= 15 is 0 Å². The summed E-state index contributed by atoms with van der Waals surface area (Å²) in [6, 6.07) is 3.31. The Labute approximate surface area is 115 Å². The number of hydrogen-bond donors (Lipinski definition) is 4. The highest BCUT2D eigenvalue weighted by molar-refractivity contribution is 6.00. The number of amidine groups is 1. The van der Waals surface area contributed by atoms with Crippen molar-refractivity contribution >= 4 is 11.7 Å². The van der Waals surface area contributed by atoms with E-state index in [-0.39, 0.29) is 22.9 Å². The van der Waals surface area contributed by atoms with Crippen LogP contribution in [0.2, 0.25) is 0 Å². The third-order valence-electron chi connectivity index (χ3n) is 3.43. The Hall–Kier alpha value is -2.44. The number of nitrogens with two attached hydrogens (primary N) is 1. The van der Waals surface area contributed by atoms with Gasteiger partial charge in [-0.3, -0.25) is 4.79 Å². The predicted molar refractivity (Wildman–Crippen MR) is 71.9 cm³/mol. The van der Waals surface area contributed by atoms with E-state index in [4.69, 9.17) is 10.9 Å². The van der Waals surface area contributed by atoms with Crippen molar-refractivity contribution in [3.63, 3.8) is 0 Å². The number of nitrogens with zero attached hydrogens (tertiary/aromatic N) is 2. The molecule has 108 valence electrons. The van der Waals surface area contributed by atoms with Crippen molar-refractivity contribution in [3.05, 3.63) is 23.8 Å². The molecule has 1 aromatic carbocycles. The first-order chi connectivity index (χ1) is 9.54. The molecule has 7 nitrogen and oxygen atoms in total. The lowest BCUT2D eigenvalue weighted by Crippen LogP contribution is -2.50. The fourth-order valence-electron chi connectivity index (χ4n) is 2.40. The summed E-state index contributed by atoms with van der Waals surface area (Å²) in [4.78, 5) is 13.9.